The predicted octanol–water partition coefficient (Wildman–Crippen LogP) is 4.34. The summed E-state index contributed by atoms with van der Waals surface area (Å²) in [6.07, 6.45) is 0. The Morgan fingerprint density at radius 2 is 1.96 bits per heavy atom. The summed E-state index contributed by atoms with van der Waals surface area (Å²) in [6.45, 7) is 4.81. The van der Waals surface area contributed by atoms with Crippen molar-refractivity contribution in [2.24, 2.45) is 4.99 Å². The molecule has 0 saturated carbocycles. The molecule has 1 N–H and O–H groups in total. The third kappa shape index (κ3) is 5.99. The lowest BCUT2D eigenvalue weighted by atomic mass is 10.2. The second kappa shape index (κ2) is 9.78. The summed E-state index contributed by atoms with van der Waals surface area (Å²) in [7, 11) is 0. The van der Waals surface area contributed by atoms with Crippen LogP contribution in [0.2, 0.25) is 5.02 Å². The number of anilines is 1. The molecule has 2 aromatic carbocycles. The van der Waals surface area contributed by atoms with Gasteiger partial charge in [-0.1, -0.05) is 47.6 Å². The first-order valence-electron chi connectivity index (χ1n) is 8.77. The number of nitrogens with zero attached hydrogens (tertiary/aromatic N) is 2. The molecule has 3 rings (SSSR count). The number of ether oxygens (including phenoxy) is 1. The average molecular weight is 404 g/mol. The quantitative estimate of drug-likeness (QED) is 0.609. The zero-order chi connectivity index (χ0) is 19.1. The van der Waals surface area contributed by atoms with Gasteiger partial charge in [0.15, 0.2) is 5.17 Å². The van der Waals surface area contributed by atoms with Crippen LogP contribution in [0.5, 0.6) is 0 Å². The van der Waals surface area contributed by atoms with E-state index < -0.39 is 0 Å². The van der Waals surface area contributed by atoms with Gasteiger partial charge in [-0.3, -0.25) is 4.79 Å². The van der Waals surface area contributed by atoms with Crippen molar-refractivity contribution in [1.29, 1.82) is 0 Å². The lowest BCUT2D eigenvalue weighted by Crippen LogP contribution is -2.39. The van der Waals surface area contributed by atoms with Gasteiger partial charge >= 0.3 is 0 Å². The maximum atomic E-state index is 12.4. The Hall–Kier alpha value is -2.02. The fourth-order valence-corrected chi connectivity index (χ4v) is 3.61. The van der Waals surface area contributed by atoms with E-state index in [0.29, 0.717) is 23.9 Å². The number of carbonyl (C=O) groups excluding carboxylic acids is 1. The minimum Gasteiger partial charge on any atom is -0.378 e. The Kier molecular flexibility index (Phi) is 7.15. The second-order valence-electron chi connectivity index (χ2n) is 6.13. The van der Waals surface area contributed by atoms with Crippen LogP contribution in [0, 0.1) is 6.92 Å². The van der Waals surface area contributed by atoms with Gasteiger partial charge in [0.2, 0.25) is 5.91 Å². The van der Waals surface area contributed by atoms with E-state index in [1.807, 2.05) is 49.4 Å². The number of rotatable bonds is 4. The molecule has 5 nitrogen and oxygen atoms in total. The smallest absolute Gasteiger partial charge is 0.234 e. The van der Waals surface area contributed by atoms with E-state index in [4.69, 9.17) is 21.3 Å². The Bertz CT molecular complexity index is 808. The Labute approximate surface area is 168 Å². The summed E-state index contributed by atoms with van der Waals surface area (Å²) in [5.74, 6) is 0.183. The summed E-state index contributed by atoms with van der Waals surface area (Å²) in [4.78, 5) is 19.3. The van der Waals surface area contributed by atoms with Crippen molar-refractivity contribution in [2.75, 3.05) is 37.4 Å². The molecule has 0 spiro atoms. The van der Waals surface area contributed by atoms with Crippen LogP contribution in [0.15, 0.2) is 53.5 Å². The number of halogens is 1. The molecule has 1 fully saturated rings. The van der Waals surface area contributed by atoms with Crippen LogP contribution in [0.1, 0.15) is 5.56 Å². The highest BCUT2D eigenvalue weighted by molar-refractivity contribution is 8.14. The fourth-order valence-electron chi connectivity index (χ4n) is 2.56. The molecule has 1 saturated heterocycles. The number of hydrogen-bond donors (Lipinski definition) is 1. The number of nitrogens with one attached hydrogen (secondary N) is 1. The summed E-state index contributed by atoms with van der Waals surface area (Å²) in [5.41, 5.74) is 2.55. The normalized spacial score (nSPS) is 14.9. The van der Waals surface area contributed by atoms with E-state index >= 15 is 0 Å². The van der Waals surface area contributed by atoms with Crippen LogP contribution in [0.4, 0.5) is 11.4 Å². The lowest BCUT2D eigenvalue weighted by molar-refractivity contribution is -0.113. The largest absolute Gasteiger partial charge is 0.378 e. The van der Waals surface area contributed by atoms with Crippen LogP contribution in [0.25, 0.3) is 0 Å². The minimum absolute atomic E-state index is 0.0889. The number of carbonyl (C=O) groups is 1. The average Bonchev–Trinajstić information content (AvgIpc) is 2.69. The van der Waals surface area contributed by atoms with Crippen molar-refractivity contribution in [3.05, 3.63) is 59.1 Å². The molecular weight excluding hydrogens is 382 g/mol. The summed E-state index contributed by atoms with van der Waals surface area (Å²) in [6, 6.07) is 15.3. The molecule has 0 aliphatic carbocycles. The lowest BCUT2D eigenvalue weighted by Gasteiger charge is -2.29. The van der Waals surface area contributed by atoms with Crippen LogP contribution in [-0.2, 0) is 9.53 Å². The van der Waals surface area contributed by atoms with Crippen LogP contribution < -0.4 is 5.32 Å². The van der Waals surface area contributed by atoms with Gasteiger partial charge in [-0.2, -0.15) is 0 Å². The molecular formula is C20H22ClN3O2S. The molecule has 27 heavy (non-hydrogen) atoms. The summed E-state index contributed by atoms with van der Waals surface area (Å²) >= 11 is 7.56. The Morgan fingerprint density at radius 1 is 1.22 bits per heavy atom. The van der Waals surface area contributed by atoms with Crippen LogP contribution in [-0.4, -0.2) is 48.0 Å². The highest BCUT2D eigenvalue weighted by Gasteiger charge is 2.17. The van der Waals surface area contributed by atoms with Gasteiger partial charge in [0, 0.05) is 23.8 Å². The number of thioether (sulfide) groups is 1. The molecule has 1 aliphatic heterocycles. The topological polar surface area (TPSA) is 53.9 Å². The van der Waals surface area contributed by atoms with Gasteiger partial charge in [0.25, 0.3) is 0 Å². The minimum atomic E-state index is -0.0889. The second-order valence-corrected chi connectivity index (χ2v) is 7.48. The number of hydrogen-bond acceptors (Lipinski definition) is 4. The fraction of sp³-hybridized carbons (Fsp3) is 0.300. The van der Waals surface area contributed by atoms with Crippen molar-refractivity contribution in [3.8, 4) is 0 Å². The van der Waals surface area contributed by atoms with Gasteiger partial charge in [0.05, 0.1) is 24.7 Å². The number of aryl methyl sites for hydroxylation is 1. The third-order valence-electron chi connectivity index (χ3n) is 4.05. The molecule has 0 unspecified atom stereocenters. The maximum Gasteiger partial charge on any atom is 0.234 e. The summed E-state index contributed by atoms with van der Waals surface area (Å²) < 4.78 is 5.43. The van der Waals surface area contributed by atoms with E-state index in [1.54, 1.807) is 6.07 Å². The zero-order valence-electron chi connectivity index (χ0n) is 15.2. The number of amides is 1. The van der Waals surface area contributed by atoms with Gasteiger partial charge in [-0.25, -0.2) is 4.99 Å². The Morgan fingerprint density at radius 3 is 2.67 bits per heavy atom. The van der Waals surface area contributed by atoms with Gasteiger partial charge in [-0.05, 0) is 36.8 Å². The van der Waals surface area contributed by atoms with Gasteiger partial charge in [-0.15, -0.1) is 0 Å². The van der Waals surface area contributed by atoms with E-state index in [9.17, 15) is 4.79 Å². The molecule has 2 aromatic rings. The highest BCUT2D eigenvalue weighted by atomic mass is 35.5. The van der Waals surface area contributed by atoms with Crippen molar-refractivity contribution < 1.29 is 9.53 Å². The van der Waals surface area contributed by atoms with E-state index in [1.165, 1.54) is 11.8 Å². The van der Waals surface area contributed by atoms with E-state index in [0.717, 1.165) is 29.5 Å². The predicted molar refractivity (Wildman–Crippen MR) is 113 cm³/mol. The standard InChI is InChI=1S/C20H22ClN3O2S/c1-15-7-8-17(13-18(15)21)22-19(25)14-27-20(24-9-11-26-12-10-24)23-16-5-3-2-4-6-16/h2-8,13H,9-12,14H2,1H3,(H,22,25). The molecule has 1 amide bonds. The summed E-state index contributed by atoms with van der Waals surface area (Å²) in [5, 5.41) is 4.36. The zero-order valence-corrected chi connectivity index (χ0v) is 16.7. The molecule has 1 heterocycles. The van der Waals surface area contributed by atoms with Crippen LogP contribution in [0.3, 0.4) is 0 Å². The van der Waals surface area contributed by atoms with E-state index in [2.05, 4.69) is 10.2 Å². The number of amidine groups is 1. The van der Waals surface area contributed by atoms with Crippen molar-refractivity contribution in [3.63, 3.8) is 0 Å². The monoisotopic (exact) mass is 403 g/mol. The van der Waals surface area contributed by atoms with E-state index in [-0.39, 0.29) is 11.7 Å². The van der Waals surface area contributed by atoms with Gasteiger partial charge < -0.3 is 15.0 Å². The first-order valence-corrected chi connectivity index (χ1v) is 10.1. The molecule has 1 aliphatic rings. The molecule has 0 bridgehead atoms. The van der Waals surface area contributed by atoms with Crippen molar-refractivity contribution in [2.45, 2.75) is 6.92 Å². The SMILES string of the molecule is Cc1ccc(NC(=O)CSC(=Nc2ccccc2)N2CCOCC2)cc1Cl. The highest BCUT2D eigenvalue weighted by Crippen LogP contribution is 2.21. The Balaban J connectivity index is 1.65. The number of aliphatic imine (C=N–C) groups is 1. The molecule has 0 radical (unpaired) electrons. The molecule has 0 aromatic heterocycles. The number of morpholine rings is 1. The van der Waals surface area contributed by atoms with Gasteiger partial charge in [0.1, 0.15) is 0 Å². The molecule has 142 valence electrons. The first kappa shape index (κ1) is 19.7. The van der Waals surface area contributed by atoms with Crippen molar-refractivity contribution >= 4 is 45.8 Å². The number of benzene rings is 2. The van der Waals surface area contributed by atoms with Crippen LogP contribution >= 0.6 is 23.4 Å². The molecule has 0 atom stereocenters. The maximum absolute atomic E-state index is 12.4. The third-order valence-corrected chi connectivity index (χ3v) is 5.47. The number of para-hydroxylation sites is 1. The molecule has 7 heteroatoms. The van der Waals surface area contributed by atoms with Crippen molar-refractivity contribution in [1.82, 2.24) is 4.90 Å². The first-order chi connectivity index (χ1) is 13.1.